The van der Waals surface area contributed by atoms with Gasteiger partial charge in [0.2, 0.25) is 0 Å². The van der Waals surface area contributed by atoms with Gasteiger partial charge in [-0.25, -0.2) is 0 Å². The van der Waals surface area contributed by atoms with Crippen LogP contribution in [-0.4, -0.2) is 50.7 Å². The first-order valence-electron chi connectivity index (χ1n) is 9.66. The normalized spacial score (nSPS) is 14.5. The Morgan fingerprint density at radius 2 is 1.19 bits per heavy atom. The molecule has 0 amide bonds. The summed E-state index contributed by atoms with van der Waals surface area (Å²) in [6.07, 6.45) is 4.39. The summed E-state index contributed by atoms with van der Waals surface area (Å²) in [5.41, 5.74) is -0.225. The molecule has 2 aromatic rings. The molecule has 0 saturated carbocycles. The first-order valence-corrected chi connectivity index (χ1v) is 9.66. The Balaban J connectivity index is 0. The molecule has 31 heavy (non-hydrogen) atoms. The van der Waals surface area contributed by atoms with Crippen molar-refractivity contribution in [2.45, 2.75) is 51.8 Å². The summed E-state index contributed by atoms with van der Waals surface area (Å²) < 4.78 is 0. The van der Waals surface area contributed by atoms with Crippen LogP contribution < -0.4 is 0 Å². The molecule has 2 aromatic carbocycles. The maximum absolute atomic E-state index is 9.60. The number of phenols is 2. The molecule has 0 saturated heterocycles. The van der Waals surface area contributed by atoms with E-state index in [2.05, 4.69) is 9.98 Å². The summed E-state index contributed by atoms with van der Waals surface area (Å²) in [7, 11) is 0. The van der Waals surface area contributed by atoms with Crippen molar-refractivity contribution < 1.29 is 54.6 Å². The monoisotopic (exact) mass is 526 g/mol. The molecular formula is C23H32Cu2N2O4. The predicted molar refractivity (Wildman–Crippen MR) is 118 cm³/mol. The minimum Gasteiger partial charge on any atom is -0.507 e. The smallest absolute Gasteiger partial charge is 0.152 e. The molecule has 6 nitrogen and oxygen atoms in total. The van der Waals surface area contributed by atoms with Gasteiger partial charge in [-0.2, -0.15) is 0 Å². The van der Waals surface area contributed by atoms with Crippen molar-refractivity contribution in [1.82, 2.24) is 0 Å². The molecule has 2 rings (SSSR count). The number of aliphatic hydroxyl groups is 2. The van der Waals surface area contributed by atoms with Crippen LogP contribution in [-0.2, 0) is 34.1 Å². The Kier molecular flexibility index (Phi) is 15.4. The van der Waals surface area contributed by atoms with Gasteiger partial charge in [-0.05, 0) is 51.0 Å². The molecule has 180 valence electrons. The number of para-hydroxylation sites is 2. The van der Waals surface area contributed by atoms with Crippen molar-refractivity contribution in [3.8, 4) is 11.5 Å². The second kappa shape index (κ2) is 15.2. The van der Waals surface area contributed by atoms with Gasteiger partial charge in [-0.1, -0.05) is 38.1 Å². The largest absolute Gasteiger partial charge is 0.507 e. The van der Waals surface area contributed by atoms with Crippen LogP contribution in [0.15, 0.2) is 58.5 Å². The third kappa shape index (κ3) is 11.5. The van der Waals surface area contributed by atoms with Crippen LogP contribution in [0.4, 0.5) is 0 Å². The van der Waals surface area contributed by atoms with Gasteiger partial charge < -0.3 is 20.4 Å². The minimum atomic E-state index is -1.05. The fourth-order valence-corrected chi connectivity index (χ4v) is 1.96. The van der Waals surface area contributed by atoms with Crippen molar-refractivity contribution in [2.75, 3.05) is 6.61 Å². The van der Waals surface area contributed by atoms with Gasteiger partial charge in [-0.15, -0.1) is 0 Å². The van der Waals surface area contributed by atoms with Crippen LogP contribution in [0, 0.1) is 0 Å². The minimum absolute atomic E-state index is 0. The van der Waals surface area contributed by atoms with Crippen LogP contribution in [0.3, 0.4) is 0 Å². The zero-order valence-electron chi connectivity index (χ0n) is 18.2. The van der Waals surface area contributed by atoms with Gasteiger partial charge in [0.15, 0.2) is 5.72 Å². The number of hydrogen-bond acceptors (Lipinski definition) is 6. The van der Waals surface area contributed by atoms with E-state index in [1.54, 1.807) is 49.5 Å². The maximum atomic E-state index is 9.60. The second-order valence-corrected chi connectivity index (χ2v) is 7.21. The quantitative estimate of drug-likeness (QED) is 0.324. The first kappa shape index (κ1) is 31.5. The second-order valence-electron chi connectivity index (χ2n) is 7.21. The zero-order valence-corrected chi connectivity index (χ0v) is 20.1. The summed E-state index contributed by atoms with van der Waals surface area (Å²) in [5, 5.41) is 37.7. The van der Waals surface area contributed by atoms with Gasteiger partial charge in [0.25, 0.3) is 0 Å². The molecule has 0 spiro atoms. The first-order chi connectivity index (χ1) is 13.7. The zero-order chi connectivity index (χ0) is 21.9. The molecule has 0 fully saturated rings. The Morgan fingerprint density at radius 1 is 0.774 bits per heavy atom. The average molecular weight is 528 g/mol. The molecule has 2 atom stereocenters. The van der Waals surface area contributed by atoms with Crippen molar-refractivity contribution in [1.29, 1.82) is 0 Å². The molecule has 0 heterocycles. The van der Waals surface area contributed by atoms with Crippen molar-refractivity contribution in [3.63, 3.8) is 0 Å². The van der Waals surface area contributed by atoms with Crippen LogP contribution in [0.2, 0.25) is 0 Å². The van der Waals surface area contributed by atoms with E-state index in [0.29, 0.717) is 17.5 Å². The molecular weight excluding hydrogens is 495 g/mol. The molecule has 2 unspecified atom stereocenters. The van der Waals surface area contributed by atoms with Crippen LogP contribution in [0.1, 0.15) is 51.7 Å². The van der Waals surface area contributed by atoms with Crippen LogP contribution in [0.5, 0.6) is 11.5 Å². The summed E-state index contributed by atoms with van der Waals surface area (Å²) in [4.78, 5) is 8.26. The molecule has 0 aromatic heterocycles. The summed E-state index contributed by atoms with van der Waals surface area (Å²) in [6.45, 7) is 7.33. The maximum Gasteiger partial charge on any atom is 0.152 e. The van der Waals surface area contributed by atoms with Crippen LogP contribution in [0.25, 0.3) is 0 Å². The van der Waals surface area contributed by atoms with E-state index < -0.39 is 11.3 Å². The summed E-state index contributed by atoms with van der Waals surface area (Å²) in [5.74, 6) is 0.376. The van der Waals surface area contributed by atoms with Gasteiger partial charge in [0.05, 0.1) is 12.1 Å². The van der Waals surface area contributed by atoms with E-state index in [0.717, 1.165) is 6.42 Å². The summed E-state index contributed by atoms with van der Waals surface area (Å²) >= 11 is 0. The molecule has 0 aliphatic carbocycles. The van der Waals surface area contributed by atoms with Gasteiger partial charge >= 0.3 is 0 Å². The van der Waals surface area contributed by atoms with Gasteiger partial charge in [0.1, 0.15) is 11.5 Å². The SMILES string of the molecule is CCC(C)(CO)N=Cc1ccccc1O.CCC(C)(O)N=Cc1ccccc1O.[Cu].[Cu]. The van der Waals surface area contributed by atoms with Crippen molar-refractivity contribution >= 4 is 12.4 Å². The third-order valence-electron chi connectivity index (χ3n) is 4.64. The number of phenolic OH excluding ortho intramolecular Hbond substituents is 2. The molecule has 2 radical (unpaired) electrons. The number of rotatable bonds is 7. The van der Waals surface area contributed by atoms with E-state index >= 15 is 0 Å². The average Bonchev–Trinajstić information content (AvgIpc) is 2.73. The molecule has 0 bridgehead atoms. The predicted octanol–water partition coefficient (Wildman–Crippen LogP) is 3.90. The topological polar surface area (TPSA) is 106 Å². The van der Waals surface area contributed by atoms with E-state index in [4.69, 9.17) is 5.11 Å². The van der Waals surface area contributed by atoms with Gasteiger partial charge in [-0.3, -0.25) is 9.98 Å². The Labute approximate surface area is 206 Å². The standard InChI is InChI=1S/C12H17NO2.C11H15NO2.2Cu/c1-3-12(2,9-14)13-8-10-6-4-5-7-11(10)15;1-3-11(2,14)12-8-9-6-4-5-7-10(9)13;;/h4-8,14-15H,3,9H2,1-2H3;4-8,13-14H,3H2,1-2H3;;. The Hall–Kier alpha value is -1.66. The Bertz CT molecular complexity index is 823. The number of aliphatic imine (C=N–C) groups is 2. The number of hydrogen-bond donors (Lipinski definition) is 4. The number of aromatic hydroxyl groups is 2. The third-order valence-corrected chi connectivity index (χ3v) is 4.64. The van der Waals surface area contributed by atoms with Crippen LogP contribution >= 0.6 is 0 Å². The number of nitrogens with zero attached hydrogens (tertiary/aromatic N) is 2. The number of aliphatic hydroxyl groups excluding tert-OH is 1. The molecule has 4 N–H and O–H groups in total. The number of benzene rings is 2. The molecule has 8 heteroatoms. The molecule has 0 aliphatic heterocycles. The Morgan fingerprint density at radius 3 is 1.55 bits per heavy atom. The summed E-state index contributed by atoms with van der Waals surface area (Å²) in [6, 6.07) is 13.9. The van der Waals surface area contributed by atoms with E-state index in [1.165, 1.54) is 6.21 Å². The van der Waals surface area contributed by atoms with E-state index in [9.17, 15) is 15.3 Å². The van der Waals surface area contributed by atoms with Gasteiger partial charge in [0, 0.05) is 57.7 Å². The fourth-order valence-electron chi connectivity index (χ4n) is 1.96. The van der Waals surface area contributed by atoms with E-state index in [1.807, 2.05) is 32.9 Å². The molecule has 0 aliphatic rings. The fraction of sp³-hybridized carbons (Fsp3) is 0.391. The van der Waals surface area contributed by atoms with Crippen molar-refractivity contribution in [3.05, 3.63) is 59.7 Å². The van der Waals surface area contributed by atoms with Crippen molar-refractivity contribution in [2.24, 2.45) is 9.98 Å². The van der Waals surface area contributed by atoms with E-state index in [-0.39, 0.29) is 52.2 Å².